The maximum atomic E-state index is 10.0. The van der Waals surface area contributed by atoms with Gasteiger partial charge < -0.3 is 10.2 Å². The predicted octanol–water partition coefficient (Wildman–Crippen LogP) is 3.10. The predicted molar refractivity (Wildman–Crippen MR) is 71.2 cm³/mol. The minimum Gasteiger partial charge on any atom is -0.396 e. The van der Waals surface area contributed by atoms with Crippen LogP contribution in [-0.4, -0.2) is 16.8 Å². The second-order valence-corrected chi connectivity index (χ2v) is 5.70. The van der Waals surface area contributed by atoms with Crippen LogP contribution < -0.4 is 0 Å². The summed E-state index contributed by atoms with van der Waals surface area (Å²) in [6, 6.07) is 6.25. The minimum absolute atomic E-state index is 0.135. The van der Waals surface area contributed by atoms with Crippen LogP contribution in [0.2, 0.25) is 0 Å². The second-order valence-electron chi connectivity index (χ2n) is 5.70. The third-order valence-electron chi connectivity index (χ3n) is 3.13. The number of benzene rings is 1. The van der Waals surface area contributed by atoms with Crippen LogP contribution >= 0.6 is 0 Å². The monoisotopic (exact) mass is 236 g/mol. The van der Waals surface area contributed by atoms with Crippen LogP contribution in [0.1, 0.15) is 56.4 Å². The van der Waals surface area contributed by atoms with Gasteiger partial charge in [0.1, 0.15) is 0 Å². The molecule has 1 unspecified atom stereocenters. The second kappa shape index (κ2) is 5.65. The molecule has 1 aromatic carbocycles. The highest BCUT2D eigenvalue weighted by atomic mass is 16.3. The number of hydrogen-bond acceptors (Lipinski definition) is 2. The molecule has 17 heavy (non-hydrogen) atoms. The average Bonchev–Trinajstić information content (AvgIpc) is 2.24. The molecule has 0 aliphatic carbocycles. The number of hydrogen-bond donors (Lipinski definition) is 2. The molecule has 0 saturated heterocycles. The van der Waals surface area contributed by atoms with Gasteiger partial charge in [0.25, 0.3) is 0 Å². The normalized spacial score (nSPS) is 13.8. The standard InChI is InChI=1S/C15H24O2/c1-11-10-12(15(2,3)4)7-8-13(11)14(17)6-5-9-16/h7-8,10,14,16-17H,5-6,9H2,1-4H3. The fourth-order valence-corrected chi connectivity index (χ4v) is 1.96. The average molecular weight is 236 g/mol. The van der Waals surface area contributed by atoms with Gasteiger partial charge in [-0.1, -0.05) is 39.0 Å². The van der Waals surface area contributed by atoms with Gasteiger partial charge in [-0.15, -0.1) is 0 Å². The van der Waals surface area contributed by atoms with Gasteiger partial charge in [-0.2, -0.15) is 0 Å². The topological polar surface area (TPSA) is 40.5 Å². The molecule has 0 aliphatic rings. The van der Waals surface area contributed by atoms with E-state index in [9.17, 15) is 5.11 Å². The van der Waals surface area contributed by atoms with Gasteiger partial charge in [0.05, 0.1) is 6.10 Å². The summed E-state index contributed by atoms with van der Waals surface area (Å²) in [6.07, 6.45) is 0.796. The number of aliphatic hydroxyl groups excluding tert-OH is 2. The van der Waals surface area contributed by atoms with Crippen molar-refractivity contribution in [1.82, 2.24) is 0 Å². The van der Waals surface area contributed by atoms with E-state index in [0.717, 1.165) is 11.1 Å². The Hall–Kier alpha value is -0.860. The lowest BCUT2D eigenvalue weighted by atomic mass is 9.84. The van der Waals surface area contributed by atoms with Crippen molar-refractivity contribution in [2.24, 2.45) is 0 Å². The third kappa shape index (κ3) is 3.83. The van der Waals surface area contributed by atoms with E-state index in [1.807, 2.05) is 13.0 Å². The van der Waals surface area contributed by atoms with Gasteiger partial charge in [0, 0.05) is 6.61 Å². The summed E-state index contributed by atoms with van der Waals surface area (Å²) in [5.74, 6) is 0. The van der Waals surface area contributed by atoms with E-state index in [2.05, 4.69) is 32.9 Å². The molecule has 0 heterocycles. The molecule has 1 aromatic rings. The zero-order valence-corrected chi connectivity index (χ0v) is 11.3. The molecule has 96 valence electrons. The summed E-state index contributed by atoms with van der Waals surface area (Å²) in [6.45, 7) is 8.72. The van der Waals surface area contributed by atoms with E-state index in [1.54, 1.807) is 0 Å². The van der Waals surface area contributed by atoms with Crippen LogP contribution in [0, 0.1) is 6.92 Å². The van der Waals surface area contributed by atoms with Crippen LogP contribution in [0.25, 0.3) is 0 Å². The van der Waals surface area contributed by atoms with Gasteiger partial charge in [-0.3, -0.25) is 0 Å². The first kappa shape index (κ1) is 14.2. The van der Waals surface area contributed by atoms with E-state index in [0.29, 0.717) is 12.8 Å². The first-order valence-corrected chi connectivity index (χ1v) is 6.26. The van der Waals surface area contributed by atoms with E-state index in [-0.39, 0.29) is 12.0 Å². The Morgan fingerprint density at radius 3 is 2.35 bits per heavy atom. The molecule has 0 amide bonds. The van der Waals surface area contributed by atoms with Crippen molar-refractivity contribution in [3.63, 3.8) is 0 Å². The fraction of sp³-hybridized carbons (Fsp3) is 0.600. The molecule has 0 radical (unpaired) electrons. The number of rotatable bonds is 4. The molecule has 1 rings (SSSR count). The summed E-state index contributed by atoms with van der Waals surface area (Å²) in [7, 11) is 0. The van der Waals surface area contributed by atoms with Crippen molar-refractivity contribution < 1.29 is 10.2 Å². The van der Waals surface area contributed by atoms with Gasteiger partial charge in [-0.25, -0.2) is 0 Å². The minimum atomic E-state index is -0.462. The molecule has 2 nitrogen and oxygen atoms in total. The summed E-state index contributed by atoms with van der Waals surface area (Å²) in [4.78, 5) is 0. The summed E-state index contributed by atoms with van der Waals surface area (Å²) in [5, 5.41) is 18.8. The lowest BCUT2D eigenvalue weighted by Gasteiger charge is -2.22. The first-order valence-electron chi connectivity index (χ1n) is 6.26. The molecule has 0 aliphatic heterocycles. The molecule has 0 fully saturated rings. The Morgan fingerprint density at radius 2 is 1.88 bits per heavy atom. The fourth-order valence-electron chi connectivity index (χ4n) is 1.96. The van der Waals surface area contributed by atoms with Crippen molar-refractivity contribution >= 4 is 0 Å². The molecular weight excluding hydrogens is 212 g/mol. The lowest BCUT2D eigenvalue weighted by molar-refractivity contribution is 0.151. The lowest BCUT2D eigenvalue weighted by Crippen LogP contribution is -2.12. The quantitative estimate of drug-likeness (QED) is 0.843. The zero-order chi connectivity index (χ0) is 13.1. The van der Waals surface area contributed by atoms with Crippen molar-refractivity contribution in [1.29, 1.82) is 0 Å². The Kier molecular flexibility index (Phi) is 4.72. The van der Waals surface area contributed by atoms with E-state index in [4.69, 9.17) is 5.11 Å². The molecule has 0 bridgehead atoms. The Labute approximate surface area is 104 Å². The van der Waals surface area contributed by atoms with E-state index in [1.165, 1.54) is 5.56 Å². The Bertz CT molecular complexity index is 364. The molecule has 0 aromatic heterocycles. The van der Waals surface area contributed by atoms with Crippen molar-refractivity contribution in [3.05, 3.63) is 34.9 Å². The summed E-state index contributed by atoms with van der Waals surface area (Å²) < 4.78 is 0. The first-order chi connectivity index (χ1) is 7.86. The van der Waals surface area contributed by atoms with Crippen LogP contribution in [0.4, 0.5) is 0 Å². The van der Waals surface area contributed by atoms with Crippen molar-refractivity contribution in [2.45, 2.75) is 52.1 Å². The molecule has 0 spiro atoms. The van der Waals surface area contributed by atoms with E-state index >= 15 is 0 Å². The van der Waals surface area contributed by atoms with Crippen molar-refractivity contribution in [2.75, 3.05) is 6.61 Å². The van der Waals surface area contributed by atoms with E-state index < -0.39 is 6.10 Å². The Morgan fingerprint density at radius 1 is 1.24 bits per heavy atom. The van der Waals surface area contributed by atoms with Crippen LogP contribution in [0.3, 0.4) is 0 Å². The molecule has 2 heteroatoms. The highest BCUT2D eigenvalue weighted by Gasteiger charge is 2.16. The number of aliphatic hydroxyl groups is 2. The largest absolute Gasteiger partial charge is 0.396 e. The molecule has 2 N–H and O–H groups in total. The third-order valence-corrected chi connectivity index (χ3v) is 3.13. The van der Waals surface area contributed by atoms with Gasteiger partial charge in [0.2, 0.25) is 0 Å². The maximum Gasteiger partial charge on any atom is 0.0793 e. The van der Waals surface area contributed by atoms with Crippen LogP contribution in [0.5, 0.6) is 0 Å². The van der Waals surface area contributed by atoms with Gasteiger partial charge >= 0.3 is 0 Å². The van der Waals surface area contributed by atoms with Gasteiger partial charge in [-0.05, 0) is 41.9 Å². The highest BCUT2D eigenvalue weighted by Crippen LogP contribution is 2.28. The van der Waals surface area contributed by atoms with Crippen LogP contribution in [0.15, 0.2) is 18.2 Å². The smallest absolute Gasteiger partial charge is 0.0793 e. The SMILES string of the molecule is Cc1cc(C(C)(C)C)ccc1C(O)CCCO. The maximum absolute atomic E-state index is 10.0. The molecule has 0 saturated carbocycles. The summed E-state index contributed by atoms with van der Waals surface area (Å²) >= 11 is 0. The molecule has 1 atom stereocenters. The highest BCUT2D eigenvalue weighted by molar-refractivity contribution is 5.35. The number of aryl methyl sites for hydroxylation is 1. The zero-order valence-electron chi connectivity index (χ0n) is 11.3. The van der Waals surface area contributed by atoms with Gasteiger partial charge in [0.15, 0.2) is 0 Å². The summed E-state index contributed by atoms with van der Waals surface area (Å²) in [5.41, 5.74) is 3.53. The Balaban J connectivity index is 2.90. The van der Waals surface area contributed by atoms with Crippen LogP contribution in [-0.2, 0) is 5.41 Å². The van der Waals surface area contributed by atoms with Crippen molar-refractivity contribution in [3.8, 4) is 0 Å². The molecular formula is C15H24O2.